The summed E-state index contributed by atoms with van der Waals surface area (Å²) in [7, 11) is 0. The Morgan fingerprint density at radius 3 is 1.39 bits per heavy atom. The van der Waals surface area contributed by atoms with Crippen molar-refractivity contribution in [1.82, 2.24) is 0 Å². The molecule has 21 heteroatoms. The van der Waals surface area contributed by atoms with Crippen LogP contribution in [-0.2, 0) is 85.7 Å². The summed E-state index contributed by atoms with van der Waals surface area (Å²) in [5.74, 6) is -10.7. The second-order valence-electron chi connectivity index (χ2n) is 12.7. The largest absolute Gasteiger partial charge is 0.501 e. The molecule has 1 aromatic rings. The highest BCUT2D eigenvalue weighted by Crippen LogP contribution is 2.37. The van der Waals surface area contributed by atoms with Crippen molar-refractivity contribution in [3.63, 3.8) is 0 Å². The number of ketones is 2. The molecule has 4 rings (SSSR count). The van der Waals surface area contributed by atoms with Crippen LogP contribution in [0.4, 0.5) is 0 Å². The smallest absolute Gasteiger partial charge is 0.303 e. The van der Waals surface area contributed by atoms with Crippen LogP contribution in [0.25, 0.3) is 0 Å². The monoisotopic (exact) mass is 808 g/mol. The molecule has 10 atom stereocenters. The Bertz CT molecular complexity index is 1820. The van der Waals surface area contributed by atoms with Crippen molar-refractivity contribution in [3.05, 3.63) is 46.9 Å². The van der Waals surface area contributed by atoms with Crippen LogP contribution in [0.5, 0.6) is 0 Å². The second kappa shape index (κ2) is 18.8. The highest BCUT2D eigenvalue weighted by atomic mass is 16.8. The Hall–Kier alpha value is -5.93. The number of Topliss-reactive ketones (excluding diaryl/α,β-unsaturated/α-hetero) is 2. The van der Waals surface area contributed by atoms with Gasteiger partial charge in [0.2, 0.25) is 35.5 Å². The SMILES string of the molecule is CC(=O)OC[C@@H]1O[C@@H](OC2=C(O)C(=O)c3ccccc3C2=O)[C@H](OC(C)=O)[C@@H](OC(C)=O)[C@@H]1O[C@@H]1O[C@H](COC(C)=O)[C@@H](OC(C)=O)[C@H](OC(C)=O)[C@H]1OC(C)=O. The summed E-state index contributed by atoms with van der Waals surface area (Å²) in [6.45, 7) is 5.57. The molecule has 2 aliphatic heterocycles. The molecular formula is C36H40O21. The summed E-state index contributed by atoms with van der Waals surface area (Å²) in [4.78, 5) is 113. The molecule has 3 aliphatic rings. The van der Waals surface area contributed by atoms with Crippen LogP contribution in [0.1, 0.15) is 69.2 Å². The maximum Gasteiger partial charge on any atom is 0.303 e. The van der Waals surface area contributed by atoms with Crippen molar-refractivity contribution >= 4 is 53.4 Å². The van der Waals surface area contributed by atoms with E-state index in [9.17, 15) is 48.3 Å². The molecule has 0 radical (unpaired) electrons. The van der Waals surface area contributed by atoms with Crippen LogP contribution < -0.4 is 0 Å². The molecule has 1 aromatic carbocycles. The van der Waals surface area contributed by atoms with E-state index in [2.05, 4.69) is 0 Å². The Morgan fingerprint density at radius 2 is 0.912 bits per heavy atom. The fourth-order valence-electron chi connectivity index (χ4n) is 6.13. The van der Waals surface area contributed by atoms with E-state index in [0.717, 1.165) is 48.5 Å². The normalized spacial score (nSPS) is 28.2. The van der Waals surface area contributed by atoms with Gasteiger partial charge in [0.15, 0.2) is 30.7 Å². The predicted octanol–water partition coefficient (Wildman–Crippen LogP) is 0.472. The van der Waals surface area contributed by atoms with Crippen molar-refractivity contribution in [1.29, 1.82) is 0 Å². The molecular weight excluding hydrogens is 768 g/mol. The van der Waals surface area contributed by atoms with Crippen LogP contribution in [0.3, 0.4) is 0 Å². The summed E-state index contributed by atoms with van der Waals surface area (Å²) in [6, 6.07) is 5.49. The first kappa shape index (κ1) is 43.8. The topological polar surface area (TPSA) is 275 Å². The first-order chi connectivity index (χ1) is 26.8. The highest BCUT2D eigenvalue weighted by molar-refractivity contribution is 6.25. The van der Waals surface area contributed by atoms with Crippen molar-refractivity contribution in [2.45, 2.75) is 110 Å². The van der Waals surface area contributed by atoms with Crippen molar-refractivity contribution in [2.24, 2.45) is 0 Å². The molecule has 2 heterocycles. The average Bonchev–Trinajstić information content (AvgIpc) is 3.11. The maximum atomic E-state index is 13.5. The number of carbonyl (C=O) groups is 9. The summed E-state index contributed by atoms with van der Waals surface area (Å²) in [6.07, 6.45) is -17.8. The van der Waals surface area contributed by atoms with Crippen molar-refractivity contribution < 1.29 is 100 Å². The number of ether oxygens (including phenoxy) is 11. The van der Waals surface area contributed by atoms with Gasteiger partial charge in [-0.05, 0) is 0 Å². The van der Waals surface area contributed by atoms with Gasteiger partial charge in [0.05, 0.1) is 0 Å². The van der Waals surface area contributed by atoms with Gasteiger partial charge in [-0.1, -0.05) is 24.3 Å². The summed E-state index contributed by atoms with van der Waals surface area (Å²) >= 11 is 0. The van der Waals surface area contributed by atoms with Crippen LogP contribution in [0.15, 0.2) is 35.8 Å². The number of aliphatic hydroxyl groups excluding tert-OH is 1. The Morgan fingerprint density at radius 1 is 0.526 bits per heavy atom. The standard InChI is InChI=1S/C36H40O21/c1-14(37)47-12-23-28(49-16(3)39)31(50-17(4)40)33(52-19(6)42)35(54-23)56-29-24(13-48-15(2)38)55-36(34(53-20(7)43)32(29)51-18(5)41)57-30-26(45)22-11-9-8-10-21(22)25(44)27(30)46/h8-11,23-24,28-29,31-36,46H,12-13H2,1-7H3/t23-,24+,28-,29-,31+,32+,33-,34-,35+,36+/m1/s1. The molecule has 21 nitrogen and oxygen atoms in total. The van der Waals surface area contributed by atoms with E-state index in [1.54, 1.807) is 0 Å². The van der Waals surface area contributed by atoms with E-state index in [-0.39, 0.29) is 11.1 Å². The highest BCUT2D eigenvalue weighted by Gasteiger charge is 2.58. The second-order valence-corrected chi connectivity index (χ2v) is 12.7. The lowest BCUT2D eigenvalue weighted by Gasteiger charge is -2.48. The van der Waals surface area contributed by atoms with E-state index in [1.165, 1.54) is 24.3 Å². The van der Waals surface area contributed by atoms with E-state index < -0.39 is 139 Å². The third kappa shape index (κ3) is 10.9. The van der Waals surface area contributed by atoms with Crippen LogP contribution in [0.2, 0.25) is 0 Å². The van der Waals surface area contributed by atoms with Gasteiger partial charge in [-0.2, -0.15) is 0 Å². The summed E-state index contributed by atoms with van der Waals surface area (Å²) < 4.78 is 61.7. The molecule has 0 spiro atoms. The lowest BCUT2D eigenvalue weighted by Crippen LogP contribution is -2.67. The lowest BCUT2D eigenvalue weighted by molar-refractivity contribution is -0.358. The van der Waals surface area contributed by atoms with Gasteiger partial charge in [-0.3, -0.25) is 43.2 Å². The first-order valence-corrected chi connectivity index (χ1v) is 17.2. The van der Waals surface area contributed by atoms with Gasteiger partial charge in [-0.25, -0.2) is 0 Å². The minimum Gasteiger partial charge on any atom is -0.501 e. The van der Waals surface area contributed by atoms with Crippen LogP contribution in [0, 0.1) is 0 Å². The summed E-state index contributed by atoms with van der Waals surface area (Å²) in [5, 5.41) is 10.8. The molecule has 310 valence electrons. The van der Waals surface area contributed by atoms with Gasteiger partial charge in [0.25, 0.3) is 0 Å². The molecule has 0 bridgehead atoms. The van der Waals surface area contributed by atoms with Crippen LogP contribution in [-0.4, -0.2) is 133 Å². The third-order valence-electron chi connectivity index (χ3n) is 8.17. The van der Waals surface area contributed by atoms with Crippen molar-refractivity contribution in [3.8, 4) is 0 Å². The van der Waals surface area contributed by atoms with Gasteiger partial charge >= 0.3 is 41.8 Å². The molecule has 57 heavy (non-hydrogen) atoms. The fraction of sp³-hybridized carbons (Fsp3) is 0.528. The number of carbonyl (C=O) groups excluding carboxylic acids is 9. The van der Waals surface area contributed by atoms with Crippen molar-refractivity contribution in [2.75, 3.05) is 13.2 Å². The molecule has 2 fully saturated rings. The quantitative estimate of drug-likeness (QED) is 0.209. The molecule has 2 saturated heterocycles. The third-order valence-corrected chi connectivity index (χ3v) is 8.17. The predicted molar refractivity (Wildman–Crippen MR) is 179 cm³/mol. The Labute approximate surface area is 323 Å². The molecule has 0 aromatic heterocycles. The van der Waals surface area contributed by atoms with Crippen LogP contribution >= 0.6 is 0 Å². The average molecular weight is 809 g/mol. The maximum absolute atomic E-state index is 13.5. The van der Waals surface area contributed by atoms with Gasteiger partial charge in [-0.15, -0.1) is 0 Å². The number of allylic oxidation sites excluding steroid dienone is 2. The Kier molecular flexibility index (Phi) is 14.4. The van der Waals surface area contributed by atoms with E-state index in [1.807, 2.05) is 0 Å². The Balaban J connectivity index is 1.85. The summed E-state index contributed by atoms with van der Waals surface area (Å²) in [5.41, 5.74) is -0.301. The number of rotatable bonds is 13. The minimum absolute atomic E-state index is 0.141. The molecule has 0 amide bonds. The lowest BCUT2D eigenvalue weighted by atomic mass is 9.92. The molecule has 1 aliphatic carbocycles. The number of fused-ring (bicyclic) bond motifs is 1. The molecule has 1 N–H and O–H groups in total. The zero-order valence-electron chi connectivity index (χ0n) is 31.6. The zero-order chi connectivity index (χ0) is 42.3. The molecule has 0 saturated carbocycles. The first-order valence-electron chi connectivity index (χ1n) is 17.2. The number of esters is 7. The van der Waals surface area contributed by atoms with Gasteiger partial charge < -0.3 is 57.2 Å². The minimum atomic E-state index is -2.02. The number of benzene rings is 1. The molecule has 0 unspecified atom stereocenters. The number of hydrogen-bond donors (Lipinski definition) is 1. The number of hydrogen-bond acceptors (Lipinski definition) is 21. The number of aliphatic hydroxyl groups is 1. The van der Waals surface area contributed by atoms with E-state index in [0.29, 0.717) is 0 Å². The van der Waals surface area contributed by atoms with Gasteiger partial charge in [0.1, 0.15) is 31.5 Å². The van der Waals surface area contributed by atoms with E-state index in [4.69, 9.17) is 52.1 Å². The fourth-order valence-corrected chi connectivity index (χ4v) is 6.13. The van der Waals surface area contributed by atoms with Gasteiger partial charge in [0, 0.05) is 59.6 Å². The van der Waals surface area contributed by atoms with E-state index >= 15 is 0 Å². The zero-order valence-corrected chi connectivity index (χ0v) is 31.6.